The molecule has 0 bridgehead atoms. The van der Waals surface area contributed by atoms with Crippen LogP contribution in [0.2, 0.25) is 0 Å². The zero-order valence-electron chi connectivity index (χ0n) is 9.87. The summed E-state index contributed by atoms with van der Waals surface area (Å²) in [5.74, 6) is 2.22. The fourth-order valence-corrected chi connectivity index (χ4v) is 1.10. The number of carbonyl (C=O) groups excluding carboxylic acids is 1. The molecule has 0 aromatic heterocycles. The number of nitrogens with one attached hydrogen (secondary N) is 1. The Balaban J connectivity index is 4.38. The number of carbonyl (C=O) groups is 1. The Morgan fingerprint density at radius 2 is 2.20 bits per heavy atom. The van der Waals surface area contributed by atoms with Crippen molar-refractivity contribution in [3.63, 3.8) is 0 Å². The van der Waals surface area contributed by atoms with E-state index in [9.17, 15) is 4.79 Å². The molecule has 1 amide bonds. The zero-order valence-corrected chi connectivity index (χ0v) is 9.87. The average molecular weight is 212 g/mol. The molecule has 0 heterocycles. The third kappa shape index (κ3) is 3.90. The predicted molar refractivity (Wildman–Crippen MR) is 60.2 cm³/mol. The van der Waals surface area contributed by atoms with Crippen molar-refractivity contribution >= 4 is 5.91 Å². The van der Waals surface area contributed by atoms with Crippen molar-refractivity contribution in [3.8, 4) is 12.3 Å². The highest BCUT2D eigenvalue weighted by atomic mass is 16.3. The van der Waals surface area contributed by atoms with E-state index in [1.807, 2.05) is 18.7 Å². The molecule has 0 radical (unpaired) electrons. The summed E-state index contributed by atoms with van der Waals surface area (Å²) in [6.45, 7) is 5.76. The molecule has 0 aliphatic heterocycles. The second-order valence-corrected chi connectivity index (χ2v) is 4.18. The van der Waals surface area contributed by atoms with Crippen LogP contribution in [0.15, 0.2) is 0 Å². The minimum Gasteiger partial charge on any atom is -0.394 e. The van der Waals surface area contributed by atoms with Crippen LogP contribution in [0.4, 0.5) is 0 Å². The molecule has 0 aliphatic carbocycles. The summed E-state index contributed by atoms with van der Waals surface area (Å²) < 4.78 is 0. The second-order valence-electron chi connectivity index (χ2n) is 4.18. The van der Waals surface area contributed by atoms with Gasteiger partial charge in [0.05, 0.1) is 19.2 Å². The Labute approximate surface area is 91.7 Å². The summed E-state index contributed by atoms with van der Waals surface area (Å²) in [6, 6.07) is -0.319. The molecule has 0 aromatic rings. The second kappa shape index (κ2) is 5.74. The van der Waals surface area contributed by atoms with Gasteiger partial charge in [0.15, 0.2) is 0 Å². The van der Waals surface area contributed by atoms with Crippen LogP contribution < -0.4 is 5.32 Å². The van der Waals surface area contributed by atoms with Gasteiger partial charge in [-0.2, -0.15) is 0 Å². The predicted octanol–water partition coefficient (Wildman–Crippen LogP) is -0.173. The molecule has 4 heteroatoms. The van der Waals surface area contributed by atoms with Crippen LogP contribution >= 0.6 is 0 Å². The van der Waals surface area contributed by atoms with Gasteiger partial charge < -0.3 is 10.4 Å². The molecule has 0 spiro atoms. The van der Waals surface area contributed by atoms with E-state index in [1.165, 1.54) is 0 Å². The first-order chi connectivity index (χ1) is 6.86. The number of terminal acetylenes is 1. The Hall–Kier alpha value is -1.05. The van der Waals surface area contributed by atoms with E-state index in [2.05, 4.69) is 11.2 Å². The van der Waals surface area contributed by atoms with Gasteiger partial charge in [0.2, 0.25) is 5.91 Å². The number of nitrogens with zero attached hydrogens (tertiary/aromatic N) is 1. The van der Waals surface area contributed by atoms with E-state index in [0.717, 1.165) is 0 Å². The number of aliphatic hydroxyl groups is 1. The minimum atomic E-state index is -0.424. The van der Waals surface area contributed by atoms with Gasteiger partial charge in [0.25, 0.3) is 0 Å². The highest BCUT2D eigenvalue weighted by Crippen LogP contribution is 2.14. The molecule has 0 aromatic carbocycles. The fraction of sp³-hybridized carbons (Fsp3) is 0.727. The lowest BCUT2D eigenvalue weighted by Crippen LogP contribution is -2.54. The SMILES string of the molecule is C#CCNC(=O)C(C)N(C)C(C)(C)CO. The van der Waals surface area contributed by atoms with Gasteiger partial charge in [0, 0.05) is 5.54 Å². The van der Waals surface area contributed by atoms with E-state index < -0.39 is 5.54 Å². The maximum Gasteiger partial charge on any atom is 0.237 e. The molecule has 0 rings (SSSR count). The van der Waals surface area contributed by atoms with Gasteiger partial charge in [-0.15, -0.1) is 6.42 Å². The molecule has 1 atom stereocenters. The van der Waals surface area contributed by atoms with Crippen LogP contribution in [0.5, 0.6) is 0 Å². The first-order valence-corrected chi connectivity index (χ1v) is 4.91. The number of rotatable bonds is 5. The maximum absolute atomic E-state index is 11.6. The lowest BCUT2D eigenvalue weighted by Gasteiger charge is -2.37. The molecule has 0 saturated heterocycles. The highest BCUT2D eigenvalue weighted by Gasteiger charge is 2.29. The van der Waals surface area contributed by atoms with Gasteiger partial charge in [-0.05, 0) is 27.8 Å². The normalized spacial score (nSPS) is 13.4. The van der Waals surface area contributed by atoms with Gasteiger partial charge in [-0.25, -0.2) is 0 Å². The standard InChI is InChI=1S/C11H20N2O2/c1-6-7-12-10(15)9(2)13(5)11(3,4)8-14/h1,9,14H,7-8H2,2-5H3,(H,12,15). The third-order valence-electron chi connectivity index (χ3n) is 2.67. The summed E-state index contributed by atoms with van der Waals surface area (Å²) in [7, 11) is 1.80. The Bertz CT molecular complexity index is 256. The van der Waals surface area contributed by atoms with Crippen molar-refractivity contribution < 1.29 is 9.90 Å². The van der Waals surface area contributed by atoms with Crippen LogP contribution in [-0.4, -0.2) is 47.7 Å². The first-order valence-electron chi connectivity index (χ1n) is 4.91. The molecular formula is C11H20N2O2. The molecule has 1 unspecified atom stereocenters. The minimum absolute atomic E-state index is 0.00371. The van der Waals surface area contributed by atoms with Crippen LogP contribution in [-0.2, 0) is 4.79 Å². The van der Waals surface area contributed by atoms with Crippen LogP contribution in [0, 0.1) is 12.3 Å². The van der Waals surface area contributed by atoms with Gasteiger partial charge in [0.1, 0.15) is 0 Å². The lowest BCUT2D eigenvalue weighted by atomic mass is 10.0. The van der Waals surface area contributed by atoms with Crippen molar-refractivity contribution in [3.05, 3.63) is 0 Å². The van der Waals surface area contributed by atoms with Gasteiger partial charge in [-0.1, -0.05) is 5.92 Å². The monoisotopic (exact) mass is 212 g/mol. The summed E-state index contributed by atoms with van der Waals surface area (Å²) in [6.07, 6.45) is 5.05. The molecule has 86 valence electrons. The molecule has 4 nitrogen and oxygen atoms in total. The molecule has 2 N–H and O–H groups in total. The van der Waals surface area contributed by atoms with E-state index in [-0.39, 0.29) is 25.1 Å². The average Bonchev–Trinajstić information content (AvgIpc) is 2.23. The highest BCUT2D eigenvalue weighted by molar-refractivity contribution is 5.81. The van der Waals surface area contributed by atoms with E-state index in [1.54, 1.807) is 14.0 Å². The zero-order chi connectivity index (χ0) is 12.1. The van der Waals surface area contributed by atoms with Gasteiger partial charge in [-0.3, -0.25) is 9.69 Å². The van der Waals surface area contributed by atoms with Crippen molar-refractivity contribution in [1.82, 2.24) is 10.2 Å². The van der Waals surface area contributed by atoms with Crippen molar-refractivity contribution in [2.45, 2.75) is 32.4 Å². The smallest absolute Gasteiger partial charge is 0.237 e. The number of hydrogen-bond acceptors (Lipinski definition) is 3. The molecule has 15 heavy (non-hydrogen) atoms. The Morgan fingerprint density at radius 3 is 2.60 bits per heavy atom. The fourth-order valence-electron chi connectivity index (χ4n) is 1.10. The Morgan fingerprint density at radius 1 is 1.67 bits per heavy atom. The summed E-state index contributed by atoms with van der Waals surface area (Å²) in [5.41, 5.74) is -0.424. The van der Waals surface area contributed by atoms with Crippen molar-refractivity contribution in [2.24, 2.45) is 0 Å². The van der Waals surface area contributed by atoms with Crippen LogP contribution in [0.3, 0.4) is 0 Å². The summed E-state index contributed by atoms with van der Waals surface area (Å²) in [5, 5.41) is 11.8. The summed E-state index contributed by atoms with van der Waals surface area (Å²) in [4.78, 5) is 13.4. The van der Waals surface area contributed by atoms with Crippen molar-refractivity contribution in [1.29, 1.82) is 0 Å². The number of amides is 1. The maximum atomic E-state index is 11.6. The third-order valence-corrected chi connectivity index (χ3v) is 2.67. The summed E-state index contributed by atoms with van der Waals surface area (Å²) >= 11 is 0. The topological polar surface area (TPSA) is 52.6 Å². The number of likely N-dealkylation sites (N-methyl/N-ethyl adjacent to an activating group) is 1. The Kier molecular flexibility index (Phi) is 5.34. The van der Waals surface area contributed by atoms with Crippen molar-refractivity contribution in [2.75, 3.05) is 20.2 Å². The lowest BCUT2D eigenvalue weighted by molar-refractivity contribution is -0.127. The molecule has 0 aliphatic rings. The molecule has 0 fully saturated rings. The van der Waals surface area contributed by atoms with E-state index >= 15 is 0 Å². The first kappa shape index (κ1) is 13.9. The van der Waals surface area contributed by atoms with Crippen LogP contribution in [0.1, 0.15) is 20.8 Å². The molecular weight excluding hydrogens is 192 g/mol. The van der Waals surface area contributed by atoms with Crippen LogP contribution in [0.25, 0.3) is 0 Å². The van der Waals surface area contributed by atoms with Gasteiger partial charge >= 0.3 is 0 Å². The van der Waals surface area contributed by atoms with E-state index in [0.29, 0.717) is 0 Å². The quantitative estimate of drug-likeness (QED) is 0.622. The molecule has 0 saturated carbocycles. The number of hydrogen-bond donors (Lipinski definition) is 2. The van der Waals surface area contributed by atoms with E-state index in [4.69, 9.17) is 11.5 Å². The number of aliphatic hydroxyl groups excluding tert-OH is 1. The largest absolute Gasteiger partial charge is 0.394 e.